The zero-order valence-corrected chi connectivity index (χ0v) is 13.7. The van der Waals surface area contributed by atoms with Crippen LogP contribution in [0.1, 0.15) is 12.8 Å². The van der Waals surface area contributed by atoms with E-state index in [1.807, 2.05) is 0 Å². The van der Waals surface area contributed by atoms with Gasteiger partial charge in [-0.05, 0) is 0 Å². The number of aliphatic hydroxyl groups is 3. The molecule has 12 heteroatoms. The Morgan fingerprint density at radius 1 is 1.17 bits per heavy atom. The molecular formula is C12H23NO10S. The van der Waals surface area contributed by atoms with Gasteiger partial charge in [0.1, 0.15) is 24.4 Å². The zero-order chi connectivity index (χ0) is 17.9. The largest absolute Gasteiger partial charge is 0.466 e. The van der Waals surface area contributed by atoms with Crippen molar-refractivity contribution in [3.05, 3.63) is 0 Å². The van der Waals surface area contributed by atoms with Gasteiger partial charge < -0.3 is 35.3 Å². The van der Waals surface area contributed by atoms with Crippen LogP contribution in [0.15, 0.2) is 0 Å². The SMILES string of the molecule is NCCC(=O)OCCCOC1OC(CSOOO)C(O)C(O)C1O. The Hall–Kier alpha value is -0.540. The molecule has 0 aromatic carbocycles. The van der Waals surface area contributed by atoms with Crippen LogP contribution in [0.5, 0.6) is 0 Å². The van der Waals surface area contributed by atoms with Crippen molar-refractivity contribution < 1.29 is 49.0 Å². The fourth-order valence-corrected chi connectivity index (χ4v) is 2.45. The standard InChI is InChI=1S/C12H23NO10S/c13-3-2-8(14)19-4-1-5-20-12-11(17)10(16)9(15)7(21-12)6-24-23-22-18/h7,9-12,15-18H,1-6,13H2. The third kappa shape index (κ3) is 7.14. The highest BCUT2D eigenvalue weighted by molar-refractivity contribution is 7.94. The summed E-state index contributed by atoms with van der Waals surface area (Å²) >= 11 is 0.635. The molecule has 0 spiro atoms. The quantitative estimate of drug-likeness (QED) is 0.0903. The molecule has 1 fully saturated rings. The van der Waals surface area contributed by atoms with E-state index in [1.54, 1.807) is 0 Å². The van der Waals surface area contributed by atoms with Crippen LogP contribution in [0, 0.1) is 0 Å². The highest BCUT2D eigenvalue weighted by Crippen LogP contribution is 2.25. The Labute approximate surface area is 142 Å². The van der Waals surface area contributed by atoms with Gasteiger partial charge in [-0.25, -0.2) is 5.26 Å². The molecule has 0 saturated carbocycles. The third-order valence-corrected chi connectivity index (χ3v) is 3.78. The van der Waals surface area contributed by atoms with Crippen LogP contribution in [0.2, 0.25) is 0 Å². The van der Waals surface area contributed by atoms with Crippen LogP contribution < -0.4 is 5.73 Å². The zero-order valence-electron chi connectivity index (χ0n) is 12.9. The highest BCUT2D eigenvalue weighted by Gasteiger charge is 2.44. The molecule has 5 atom stereocenters. The Morgan fingerprint density at radius 3 is 2.58 bits per heavy atom. The summed E-state index contributed by atoms with van der Waals surface area (Å²) < 4.78 is 19.7. The van der Waals surface area contributed by atoms with Crippen molar-refractivity contribution in [1.82, 2.24) is 0 Å². The van der Waals surface area contributed by atoms with E-state index >= 15 is 0 Å². The van der Waals surface area contributed by atoms with Crippen LogP contribution in [0.25, 0.3) is 0 Å². The number of esters is 1. The Bertz CT molecular complexity index is 363. The fraction of sp³-hybridized carbons (Fsp3) is 0.917. The first-order chi connectivity index (χ1) is 11.5. The van der Waals surface area contributed by atoms with Crippen LogP contribution in [0.3, 0.4) is 0 Å². The minimum Gasteiger partial charge on any atom is -0.466 e. The number of carbonyl (C=O) groups is 1. The monoisotopic (exact) mass is 373 g/mol. The molecule has 1 saturated heterocycles. The lowest BCUT2D eigenvalue weighted by Gasteiger charge is -2.39. The molecule has 11 nitrogen and oxygen atoms in total. The van der Waals surface area contributed by atoms with Gasteiger partial charge in [-0.3, -0.25) is 4.79 Å². The Kier molecular flexibility index (Phi) is 10.7. The number of rotatable bonds is 11. The van der Waals surface area contributed by atoms with Crippen LogP contribution >= 0.6 is 12.0 Å². The van der Waals surface area contributed by atoms with Crippen molar-refractivity contribution in [2.75, 3.05) is 25.5 Å². The number of aliphatic hydroxyl groups excluding tert-OH is 3. The van der Waals surface area contributed by atoms with Gasteiger partial charge >= 0.3 is 5.97 Å². The molecule has 0 aromatic heterocycles. The summed E-state index contributed by atoms with van der Waals surface area (Å²) in [5.74, 6) is -0.407. The van der Waals surface area contributed by atoms with Crippen LogP contribution in [-0.2, 0) is 28.4 Å². The maximum atomic E-state index is 11.1. The lowest BCUT2D eigenvalue weighted by atomic mass is 10.00. The minimum absolute atomic E-state index is 0.00205. The van der Waals surface area contributed by atoms with Gasteiger partial charge in [0.2, 0.25) is 0 Å². The number of carbonyl (C=O) groups excluding carboxylic acids is 1. The molecule has 0 aromatic rings. The van der Waals surface area contributed by atoms with Gasteiger partial charge in [0, 0.05) is 25.0 Å². The number of hydrogen-bond acceptors (Lipinski definition) is 12. The van der Waals surface area contributed by atoms with Crippen molar-refractivity contribution in [2.45, 2.75) is 43.5 Å². The summed E-state index contributed by atoms with van der Waals surface area (Å²) in [4.78, 5) is 11.1. The topological polar surface area (TPSA) is 170 Å². The summed E-state index contributed by atoms with van der Waals surface area (Å²) in [6.45, 7) is 0.423. The third-order valence-electron chi connectivity index (χ3n) is 3.16. The normalized spacial score (nSPS) is 30.3. The second-order valence-corrected chi connectivity index (χ2v) is 5.63. The first-order valence-electron chi connectivity index (χ1n) is 7.28. The molecule has 1 heterocycles. The van der Waals surface area contributed by atoms with Gasteiger partial charge in [-0.15, -0.1) is 4.33 Å². The highest BCUT2D eigenvalue weighted by atomic mass is 32.2. The van der Waals surface area contributed by atoms with Gasteiger partial charge in [-0.2, -0.15) is 0 Å². The minimum atomic E-state index is -1.48. The van der Waals surface area contributed by atoms with Crippen molar-refractivity contribution in [1.29, 1.82) is 0 Å². The molecule has 5 unspecified atom stereocenters. The molecule has 1 aliphatic heterocycles. The van der Waals surface area contributed by atoms with E-state index in [1.165, 1.54) is 0 Å². The van der Waals surface area contributed by atoms with Gasteiger partial charge in [0.05, 0.1) is 25.4 Å². The van der Waals surface area contributed by atoms with E-state index in [0.717, 1.165) is 0 Å². The average molecular weight is 373 g/mol. The molecule has 24 heavy (non-hydrogen) atoms. The number of hydrogen-bond donors (Lipinski definition) is 5. The molecular weight excluding hydrogens is 350 g/mol. The van der Waals surface area contributed by atoms with Gasteiger partial charge in [0.15, 0.2) is 6.29 Å². The van der Waals surface area contributed by atoms with E-state index in [2.05, 4.69) is 9.37 Å². The van der Waals surface area contributed by atoms with Crippen molar-refractivity contribution in [2.24, 2.45) is 5.73 Å². The van der Waals surface area contributed by atoms with Crippen molar-refractivity contribution >= 4 is 18.0 Å². The summed E-state index contributed by atoms with van der Waals surface area (Å²) in [6.07, 6.45) is -5.91. The second kappa shape index (κ2) is 11.9. The smallest absolute Gasteiger partial charge is 0.307 e. The van der Waals surface area contributed by atoms with Gasteiger partial charge in [-0.1, -0.05) is 5.04 Å². The average Bonchev–Trinajstić information content (AvgIpc) is 2.56. The molecule has 1 rings (SSSR count). The molecule has 0 amide bonds. The second-order valence-electron chi connectivity index (χ2n) is 4.93. The molecule has 142 valence electrons. The van der Waals surface area contributed by atoms with E-state index in [4.69, 9.17) is 25.2 Å². The lowest BCUT2D eigenvalue weighted by Crippen LogP contribution is -2.58. The number of ether oxygens (including phenoxy) is 3. The van der Waals surface area contributed by atoms with E-state index in [0.29, 0.717) is 18.5 Å². The van der Waals surface area contributed by atoms with E-state index in [9.17, 15) is 20.1 Å². The molecule has 1 aliphatic rings. The van der Waals surface area contributed by atoms with Crippen molar-refractivity contribution in [3.8, 4) is 0 Å². The summed E-state index contributed by atoms with van der Waals surface area (Å²) in [7, 11) is 0. The molecule has 0 aliphatic carbocycles. The van der Waals surface area contributed by atoms with E-state index in [-0.39, 0.29) is 31.9 Å². The predicted octanol–water partition coefficient (Wildman–Crippen LogP) is -1.84. The fourth-order valence-electron chi connectivity index (χ4n) is 1.94. The lowest BCUT2D eigenvalue weighted by molar-refractivity contribution is -0.432. The predicted molar refractivity (Wildman–Crippen MR) is 79.1 cm³/mol. The summed E-state index contributed by atoms with van der Waals surface area (Å²) in [6, 6.07) is 0. The summed E-state index contributed by atoms with van der Waals surface area (Å²) in [5, 5.41) is 40.9. The Balaban J connectivity index is 2.32. The number of nitrogens with two attached hydrogens (primary N) is 1. The van der Waals surface area contributed by atoms with Crippen LogP contribution in [-0.4, -0.2) is 82.8 Å². The summed E-state index contributed by atoms with van der Waals surface area (Å²) in [5.41, 5.74) is 5.21. The maximum absolute atomic E-state index is 11.1. The molecule has 0 bridgehead atoms. The van der Waals surface area contributed by atoms with Gasteiger partial charge in [0.25, 0.3) is 0 Å². The Morgan fingerprint density at radius 2 is 1.92 bits per heavy atom. The van der Waals surface area contributed by atoms with Crippen LogP contribution in [0.4, 0.5) is 0 Å². The van der Waals surface area contributed by atoms with E-state index < -0.39 is 36.7 Å². The first-order valence-corrected chi connectivity index (χ1v) is 8.19. The maximum Gasteiger partial charge on any atom is 0.307 e. The molecule has 0 radical (unpaired) electrons. The van der Waals surface area contributed by atoms with Crippen molar-refractivity contribution in [3.63, 3.8) is 0 Å². The first kappa shape index (κ1) is 21.5. The molecule has 6 N–H and O–H groups in total.